The Morgan fingerprint density at radius 3 is 2.22 bits per heavy atom. The fourth-order valence-corrected chi connectivity index (χ4v) is 4.70. The predicted molar refractivity (Wildman–Crippen MR) is 143 cm³/mol. The molecule has 37 heavy (non-hydrogen) atoms. The van der Waals surface area contributed by atoms with Crippen molar-refractivity contribution in [3.8, 4) is 11.1 Å². The molecule has 0 fully saturated rings. The molecule has 0 radical (unpaired) electrons. The molecule has 2 amide bonds. The van der Waals surface area contributed by atoms with Crippen molar-refractivity contribution in [3.05, 3.63) is 112 Å². The number of thiophene rings is 1. The quantitative estimate of drug-likeness (QED) is 0.297. The minimum absolute atomic E-state index is 0.0973. The number of hydrogen-bond donors (Lipinski definition) is 2. The third kappa shape index (κ3) is 6.89. The molecule has 2 heterocycles. The summed E-state index contributed by atoms with van der Waals surface area (Å²) >= 11 is 1.60. The molecule has 0 spiro atoms. The molecule has 0 aliphatic heterocycles. The van der Waals surface area contributed by atoms with E-state index in [1.807, 2.05) is 60.0 Å². The number of nitrogens with zero attached hydrogens (tertiary/aromatic N) is 2. The van der Waals surface area contributed by atoms with Crippen LogP contribution in [0.5, 0.6) is 0 Å². The van der Waals surface area contributed by atoms with Crippen LogP contribution in [0.4, 0.5) is 0 Å². The molecule has 0 saturated heterocycles. The molecule has 0 atom stereocenters. The van der Waals surface area contributed by atoms with Crippen molar-refractivity contribution < 1.29 is 19.5 Å². The molecule has 2 N–H and O–H groups in total. The second-order valence-corrected chi connectivity index (χ2v) is 9.39. The molecule has 0 bridgehead atoms. The number of hydrogen-bond acceptors (Lipinski definition) is 5. The highest BCUT2D eigenvalue weighted by molar-refractivity contribution is 7.09. The summed E-state index contributed by atoms with van der Waals surface area (Å²) < 4.78 is 0. The minimum Gasteiger partial charge on any atom is -0.481 e. The van der Waals surface area contributed by atoms with Gasteiger partial charge in [0.15, 0.2) is 0 Å². The van der Waals surface area contributed by atoms with Crippen LogP contribution in [0.1, 0.15) is 37.7 Å². The summed E-state index contributed by atoms with van der Waals surface area (Å²) in [5, 5.41) is 14.1. The third-order valence-electron chi connectivity index (χ3n) is 5.87. The number of aromatic nitrogens is 1. The van der Waals surface area contributed by atoms with Crippen molar-refractivity contribution in [1.82, 2.24) is 15.2 Å². The van der Waals surface area contributed by atoms with Gasteiger partial charge in [0.2, 0.25) is 0 Å². The Bertz CT molecular complexity index is 1360. The lowest BCUT2D eigenvalue weighted by Crippen LogP contribution is -2.35. The van der Waals surface area contributed by atoms with Crippen LogP contribution in [0.2, 0.25) is 0 Å². The average molecular weight is 514 g/mol. The zero-order valence-electron chi connectivity index (χ0n) is 20.2. The average Bonchev–Trinajstić information content (AvgIpc) is 3.45. The normalized spacial score (nSPS) is 10.6. The highest BCUT2D eigenvalue weighted by atomic mass is 32.1. The summed E-state index contributed by atoms with van der Waals surface area (Å²) in [5.74, 6) is -1.50. The maximum atomic E-state index is 13.7. The minimum atomic E-state index is -0.961. The maximum absolute atomic E-state index is 13.7. The number of aliphatic carboxylic acids is 1. The SMILES string of the molecule is O=C(O)CCN(CCc1cccs1)C(=O)c1ccccc1-c1ccccc1C(=O)NCc1ccccn1. The topological polar surface area (TPSA) is 99.6 Å². The van der Waals surface area contributed by atoms with Gasteiger partial charge >= 0.3 is 5.97 Å². The highest BCUT2D eigenvalue weighted by Crippen LogP contribution is 2.28. The zero-order chi connectivity index (χ0) is 26.0. The summed E-state index contributed by atoms with van der Waals surface area (Å²) in [5.41, 5.74) is 2.84. The first-order valence-corrected chi connectivity index (χ1v) is 12.8. The molecule has 0 aliphatic rings. The lowest BCUT2D eigenvalue weighted by Gasteiger charge is -2.23. The second-order valence-electron chi connectivity index (χ2n) is 8.36. The van der Waals surface area contributed by atoms with Crippen LogP contribution in [-0.4, -0.2) is 45.9 Å². The van der Waals surface area contributed by atoms with Crippen LogP contribution in [0.25, 0.3) is 11.1 Å². The largest absolute Gasteiger partial charge is 0.481 e. The summed E-state index contributed by atoms with van der Waals surface area (Å²) in [6.45, 7) is 0.771. The van der Waals surface area contributed by atoms with E-state index in [1.165, 1.54) is 0 Å². The number of carboxylic acids is 1. The van der Waals surface area contributed by atoms with Gasteiger partial charge in [0, 0.05) is 35.3 Å². The van der Waals surface area contributed by atoms with Gasteiger partial charge in [-0.05, 0) is 53.3 Å². The van der Waals surface area contributed by atoms with Gasteiger partial charge in [-0.2, -0.15) is 0 Å². The Morgan fingerprint density at radius 1 is 0.838 bits per heavy atom. The molecular weight excluding hydrogens is 486 g/mol. The molecule has 2 aromatic carbocycles. The van der Waals surface area contributed by atoms with Crippen molar-refractivity contribution in [3.63, 3.8) is 0 Å². The molecule has 0 unspecified atom stereocenters. The number of pyridine rings is 1. The van der Waals surface area contributed by atoms with Crippen molar-refractivity contribution in [1.29, 1.82) is 0 Å². The standard InChI is InChI=1S/C29H27N3O4S/c33-27(34)15-18-32(17-14-22-9-7-19-37-22)29(36)26-13-4-2-11-24(26)23-10-1-3-12-25(23)28(35)31-20-21-8-5-6-16-30-21/h1-13,16,19H,14-15,17-18,20H2,(H,31,35)(H,33,34). The van der Waals surface area contributed by atoms with Crippen molar-refractivity contribution in [2.75, 3.05) is 13.1 Å². The van der Waals surface area contributed by atoms with Gasteiger partial charge in [-0.3, -0.25) is 19.4 Å². The van der Waals surface area contributed by atoms with Crippen LogP contribution in [0.15, 0.2) is 90.4 Å². The Kier molecular flexibility index (Phi) is 8.78. The summed E-state index contributed by atoms with van der Waals surface area (Å²) in [7, 11) is 0. The van der Waals surface area contributed by atoms with Crippen LogP contribution in [0.3, 0.4) is 0 Å². The Hall–Kier alpha value is -4.30. The lowest BCUT2D eigenvalue weighted by atomic mass is 9.94. The van der Waals surface area contributed by atoms with Gasteiger partial charge in [0.25, 0.3) is 11.8 Å². The second kappa shape index (κ2) is 12.6. The van der Waals surface area contributed by atoms with Gasteiger partial charge in [-0.1, -0.05) is 48.5 Å². The van der Waals surface area contributed by atoms with Gasteiger partial charge in [-0.15, -0.1) is 11.3 Å². The fraction of sp³-hybridized carbons (Fsp3) is 0.172. The highest BCUT2D eigenvalue weighted by Gasteiger charge is 2.22. The molecule has 7 nitrogen and oxygen atoms in total. The number of carbonyl (C=O) groups excluding carboxylic acids is 2. The molecule has 0 aliphatic carbocycles. The van der Waals surface area contributed by atoms with Crippen LogP contribution >= 0.6 is 11.3 Å². The number of nitrogens with one attached hydrogen (secondary N) is 1. The van der Waals surface area contributed by atoms with E-state index in [4.69, 9.17) is 0 Å². The Balaban J connectivity index is 1.61. The van der Waals surface area contributed by atoms with E-state index in [2.05, 4.69) is 10.3 Å². The molecular formula is C29H27N3O4S. The summed E-state index contributed by atoms with van der Waals surface area (Å²) in [4.78, 5) is 45.1. The number of carbonyl (C=O) groups is 3. The molecule has 4 aromatic rings. The lowest BCUT2D eigenvalue weighted by molar-refractivity contribution is -0.137. The number of amides is 2. The summed E-state index contributed by atoms with van der Waals surface area (Å²) in [6.07, 6.45) is 2.16. The first-order chi connectivity index (χ1) is 18.0. The summed E-state index contributed by atoms with van der Waals surface area (Å²) in [6, 6.07) is 23.7. The molecule has 188 valence electrons. The van der Waals surface area contributed by atoms with Crippen LogP contribution in [-0.2, 0) is 17.8 Å². The van der Waals surface area contributed by atoms with E-state index in [0.717, 1.165) is 10.6 Å². The first-order valence-electron chi connectivity index (χ1n) is 11.9. The number of rotatable bonds is 11. The van der Waals surface area contributed by atoms with Gasteiger partial charge < -0.3 is 15.3 Å². The van der Waals surface area contributed by atoms with E-state index < -0.39 is 5.97 Å². The molecule has 4 rings (SSSR count). The fourth-order valence-electron chi connectivity index (χ4n) is 4.01. The van der Waals surface area contributed by atoms with Crippen molar-refractivity contribution in [2.45, 2.75) is 19.4 Å². The van der Waals surface area contributed by atoms with E-state index in [-0.39, 0.29) is 31.3 Å². The van der Waals surface area contributed by atoms with Crippen molar-refractivity contribution in [2.24, 2.45) is 0 Å². The molecule has 2 aromatic heterocycles. The zero-order valence-corrected chi connectivity index (χ0v) is 21.0. The van der Waals surface area contributed by atoms with E-state index >= 15 is 0 Å². The van der Waals surface area contributed by atoms with E-state index in [1.54, 1.807) is 46.7 Å². The smallest absolute Gasteiger partial charge is 0.305 e. The first kappa shape index (κ1) is 25.8. The number of benzene rings is 2. The third-order valence-corrected chi connectivity index (χ3v) is 6.80. The predicted octanol–water partition coefficient (Wildman–Crippen LogP) is 4.90. The Morgan fingerprint density at radius 2 is 1.54 bits per heavy atom. The van der Waals surface area contributed by atoms with Crippen LogP contribution in [0, 0.1) is 0 Å². The monoisotopic (exact) mass is 513 g/mol. The van der Waals surface area contributed by atoms with Gasteiger partial charge in [-0.25, -0.2) is 0 Å². The van der Waals surface area contributed by atoms with Gasteiger partial charge in [0.1, 0.15) is 0 Å². The van der Waals surface area contributed by atoms with Crippen LogP contribution < -0.4 is 5.32 Å². The molecule has 0 saturated carbocycles. The maximum Gasteiger partial charge on any atom is 0.305 e. The van der Waals surface area contributed by atoms with Gasteiger partial charge in [0.05, 0.1) is 18.7 Å². The van der Waals surface area contributed by atoms with E-state index in [9.17, 15) is 19.5 Å². The Labute approximate surface area is 219 Å². The number of carboxylic acid groups (broad SMARTS) is 1. The molecule has 8 heteroatoms. The van der Waals surface area contributed by atoms with Crippen molar-refractivity contribution >= 4 is 29.1 Å². The van der Waals surface area contributed by atoms with E-state index in [0.29, 0.717) is 35.2 Å².